The van der Waals surface area contributed by atoms with E-state index in [4.69, 9.17) is 16.3 Å². The molecule has 3 atom stereocenters. The quantitative estimate of drug-likeness (QED) is 0.466. The summed E-state index contributed by atoms with van der Waals surface area (Å²) in [7, 11) is 3.77. The highest BCUT2D eigenvalue weighted by Crippen LogP contribution is 2.28. The van der Waals surface area contributed by atoms with Crippen LogP contribution in [0.15, 0.2) is 24.3 Å². The third-order valence-corrected chi connectivity index (χ3v) is 8.25. The second kappa shape index (κ2) is 10.3. The van der Waals surface area contributed by atoms with Gasteiger partial charge in [-0.15, -0.1) is 11.3 Å². The summed E-state index contributed by atoms with van der Waals surface area (Å²) in [6.45, 7) is 2.41. The van der Waals surface area contributed by atoms with Crippen molar-refractivity contribution < 1.29 is 14.3 Å². The molecule has 1 saturated carbocycles. The molecule has 1 aromatic carbocycles. The number of likely N-dealkylation sites (N-methyl/N-ethyl adjacent to an activating group) is 1. The van der Waals surface area contributed by atoms with Crippen molar-refractivity contribution >= 4 is 45.7 Å². The predicted octanol–water partition coefficient (Wildman–Crippen LogP) is 3.61. The molecular weight excluding hydrogens is 486 g/mol. The summed E-state index contributed by atoms with van der Waals surface area (Å²) in [6, 6.07) is 6.89. The molecule has 0 spiro atoms. The minimum Gasteiger partial charge on any atom is -0.384 e. The van der Waals surface area contributed by atoms with E-state index in [1.807, 2.05) is 12.1 Å². The Bertz CT molecular complexity index is 1240. The Morgan fingerprint density at radius 2 is 2.06 bits per heavy atom. The van der Waals surface area contributed by atoms with E-state index in [9.17, 15) is 9.59 Å². The topological polar surface area (TPSA) is 99.3 Å². The van der Waals surface area contributed by atoms with Crippen LogP contribution in [0.1, 0.15) is 50.1 Å². The van der Waals surface area contributed by atoms with E-state index in [0.29, 0.717) is 28.2 Å². The molecule has 1 fully saturated rings. The largest absolute Gasteiger partial charge is 0.384 e. The van der Waals surface area contributed by atoms with Gasteiger partial charge in [0.25, 0.3) is 11.8 Å². The number of nitrogens with one attached hydrogen (secondary N) is 3. The fourth-order valence-corrected chi connectivity index (χ4v) is 6.37. The van der Waals surface area contributed by atoms with E-state index in [1.165, 1.54) is 11.3 Å². The van der Waals surface area contributed by atoms with Gasteiger partial charge in [-0.1, -0.05) is 11.6 Å². The Morgan fingerprint density at radius 1 is 1.23 bits per heavy atom. The van der Waals surface area contributed by atoms with Gasteiger partial charge in [0.2, 0.25) is 0 Å². The van der Waals surface area contributed by atoms with Gasteiger partial charge in [0.05, 0.1) is 5.69 Å². The van der Waals surface area contributed by atoms with E-state index in [2.05, 4.69) is 32.5 Å². The Hall–Kier alpha value is -2.46. The summed E-state index contributed by atoms with van der Waals surface area (Å²) >= 11 is 7.56. The van der Waals surface area contributed by atoms with Gasteiger partial charge in [-0.05, 0) is 56.5 Å². The van der Waals surface area contributed by atoms with Crippen LogP contribution in [0.5, 0.6) is 0 Å². The first kappa shape index (κ1) is 24.2. The fourth-order valence-electron chi connectivity index (χ4n) is 5.10. The van der Waals surface area contributed by atoms with Gasteiger partial charge in [-0.2, -0.15) is 0 Å². The number of aromatic nitrogens is 2. The number of amides is 2. The van der Waals surface area contributed by atoms with Crippen molar-refractivity contribution in [2.24, 2.45) is 5.92 Å². The number of hydrogen-bond acceptors (Lipinski definition) is 6. The number of ether oxygens (including phenoxy) is 1. The third kappa shape index (κ3) is 5.38. The lowest BCUT2D eigenvalue weighted by Gasteiger charge is -2.36. The van der Waals surface area contributed by atoms with Crippen molar-refractivity contribution in [2.75, 3.05) is 27.3 Å². The van der Waals surface area contributed by atoms with Crippen LogP contribution in [0, 0.1) is 5.92 Å². The number of methoxy groups -OCH3 is 1. The van der Waals surface area contributed by atoms with Gasteiger partial charge >= 0.3 is 0 Å². The highest BCUT2D eigenvalue weighted by atomic mass is 35.5. The van der Waals surface area contributed by atoms with Crippen LogP contribution in [-0.2, 0) is 17.7 Å². The predicted molar refractivity (Wildman–Crippen MR) is 137 cm³/mol. The number of halogens is 1. The van der Waals surface area contributed by atoms with Crippen molar-refractivity contribution in [3.63, 3.8) is 0 Å². The lowest BCUT2D eigenvalue weighted by atomic mass is 9.82. The molecule has 2 unspecified atom stereocenters. The van der Waals surface area contributed by atoms with E-state index < -0.39 is 0 Å². The maximum Gasteiger partial charge on any atom is 0.280 e. The summed E-state index contributed by atoms with van der Waals surface area (Å²) in [5, 5.41) is 8.34. The Balaban J connectivity index is 1.31. The summed E-state index contributed by atoms with van der Waals surface area (Å²) in [5.41, 5.74) is 2.36. The summed E-state index contributed by atoms with van der Waals surface area (Å²) in [6.07, 6.45) is 3.28. The normalized spacial score (nSPS) is 22.7. The van der Waals surface area contributed by atoms with Crippen LogP contribution in [0.2, 0.25) is 5.02 Å². The lowest BCUT2D eigenvalue weighted by molar-refractivity contribution is 0.0778. The highest BCUT2D eigenvalue weighted by molar-refractivity contribution is 7.13. The maximum absolute atomic E-state index is 13.2. The van der Waals surface area contributed by atoms with Crippen molar-refractivity contribution in [2.45, 2.75) is 44.3 Å². The molecule has 0 saturated heterocycles. The zero-order valence-electron chi connectivity index (χ0n) is 19.9. The molecule has 2 aromatic heterocycles. The maximum atomic E-state index is 13.2. The number of nitrogens with zero attached hydrogens (tertiary/aromatic N) is 2. The molecule has 5 rings (SSSR count). The van der Waals surface area contributed by atoms with Crippen LogP contribution in [0.25, 0.3) is 10.9 Å². The first-order chi connectivity index (χ1) is 16.9. The second-order valence-electron chi connectivity index (χ2n) is 9.59. The third-order valence-electron chi connectivity index (χ3n) is 6.94. The zero-order chi connectivity index (χ0) is 24.5. The van der Waals surface area contributed by atoms with Crippen LogP contribution in [-0.4, -0.2) is 66.1 Å². The van der Waals surface area contributed by atoms with E-state index >= 15 is 0 Å². The van der Waals surface area contributed by atoms with Crippen LogP contribution < -0.4 is 10.6 Å². The molecule has 3 aromatic rings. The number of fused-ring (bicyclic) bond motifs is 2. The van der Waals surface area contributed by atoms with E-state index in [0.717, 1.165) is 60.2 Å². The van der Waals surface area contributed by atoms with Crippen molar-refractivity contribution in [1.29, 1.82) is 0 Å². The fraction of sp³-hybridized carbons (Fsp3) is 0.480. The molecule has 1 aliphatic heterocycles. The molecule has 1 aliphatic carbocycles. The van der Waals surface area contributed by atoms with Gasteiger partial charge in [0.15, 0.2) is 5.01 Å². The molecule has 8 nitrogen and oxygen atoms in total. The van der Waals surface area contributed by atoms with E-state index in [1.54, 1.807) is 19.2 Å². The average molecular weight is 516 g/mol. The van der Waals surface area contributed by atoms with Crippen LogP contribution >= 0.6 is 22.9 Å². The molecule has 3 N–H and O–H groups in total. The summed E-state index contributed by atoms with van der Waals surface area (Å²) in [4.78, 5) is 37.5. The van der Waals surface area contributed by atoms with Gasteiger partial charge in [0.1, 0.15) is 5.69 Å². The standard InChI is InChI=1S/C25H30ClN5O3S/c1-31-8-7-19-22(12-31)35-25(30-19)24(33)29-20-9-14(13-34-2)3-5-18(20)28-23(32)21-11-15-10-16(26)4-6-17(15)27-21/h4,6,10-11,14,18,20,27H,3,5,7-9,12-13H2,1-2H3,(H,28,32)(H,29,33)/t14-,18?,20?/m1/s1. The minimum absolute atomic E-state index is 0.172. The number of hydrogen-bond donors (Lipinski definition) is 3. The molecule has 35 heavy (non-hydrogen) atoms. The number of H-pyrrole nitrogens is 1. The Labute approximate surface area is 213 Å². The Morgan fingerprint density at radius 3 is 2.89 bits per heavy atom. The number of aromatic amines is 1. The van der Waals surface area contributed by atoms with Crippen molar-refractivity contribution in [3.05, 3.63) is 50.6 Å². The van der Waals surface area contributed by atoms with Gasteiger partial charge in [-0.25, -0.2) is 4.98 Å². The SMILES string of the molecule is COC[C@@H]1CCC(NC(=O)c2cc3cc(Cl)ccc3[nH]2)C(NC(=O)c2nc3c(s2)CN(C)CC3)C1. The number of rotatable bonds is 6. The molecule has 0 radical (unpaired) electrons. The van der Waals surface area contributed by atoms with E-state index in [-0.39, 0.29) is 23.9 Å². The first-order valence-corrected chi connectivity index (χ1v) is 13.1. The monoisotopic (exact) mass is 515 g/mol. The van der Waals surface area contributed by atoms with Gasteiger partial charge in [0, 0.05) is 66.1 Å². The zero-order valence-corrected chi connectivity index (χ0v) is 21.5. The number of carbonyl (C=O) groups excluding carboxylic acids is 2. The first-order valence-electron chi connectivity index (χ1n) is 12.0. The number of benzene rings is 1. The molecule has 2 aliphatic rings. The molecular formula is C25H30ClN5O3S. The molecule has 2 amide bonds. The van der Waals surface area contributed by atoms with Gasteiger partial charge < -0.3 is 25.3 Å². The lowest BCUT2D eigenvalue weighted by Crippen LogP contribution is -2.55. The van der Waals surface area contributed by atoms with Crippen LogP contribution in [0.4, 0.5) is 0 Å². The number of thiazole rings is 1. The van der Waals surface area contributed by atoms with Crippen molar-refractivity contribution in [1.82, 2.24) is 25.5 Å². The average Bonchev–Trinajstić information content (AvgIpc) is 3.44. The molecule has 0 bridgehead atoms. The van der Waals surface area contributed by atoms with Crippen molar-refractivity contribution in [3.8, 4) is 0 Å². The smallest absolute Gasteiger partial charge is 0.280 e. The molecule has 3 heterocycles. The van der Waals surface area contributed by atoms with Crippen LogP contribution in [0.3, 0.4) is 0 Å². The minimum atomic E-state index is -0.206. The summed E-state index contributed by atoms with van der Waals surface area (Å²) < 4.78 is 5.38. The second-order valence-corrected chi connectivity index (χ2v) is 11.1. The number of carbonyl (C=O) groups is 2. The highest BCUT2D eigenvalue weighted by Gasteiger charge is 2.34. The molecule has 10 heteroatoms. The van der Waals surface area contributed by atoms with Gasteiger partial charge in [-0.3, -0.25) is 9.59 Å². The molecule has 186 valence electrons. The summed E-state index contributed by atoms with van der Waals surface area (Å²) in [5.74, 6) is -0.0408. The Kier molecular flexibility index (Phi) is 7.11.